The summed E-state index contributed by atoms with van der Waals surface area (Å²) in [4.78, 5) is 5.34. The van der Waals surface area contributed by atoms with E-state index < -0.39 is 0 Å². The van der Waals surface area contributed by atoms with Crippen LogP contribution in [0.2, 0.25) is 0 Å². The predicted octanol–water partition coefficient (Wildman–Crippen LogP) is 12.0. The number of benzene rings is 5. The molecular weight excluding hydrogens is 627 g/mol. The maximum Gasteiger partial charge on any atom is 0.333 e. The maximum atomic E-state index is 2.71. The molecule has 4 aliphatic rings. The van der Waals surface area contributed by atoms with Gasteiger partial charge < -0.3 is 9.71 Å². The Morgan fingerprint density at radius 2 is 0.942 bits per heavy atom. The van der Waals surface area contributed by atoms with E-state index in [9.17, 15) is 0 Å². The fraction of sp³-hybridized carbons (Fsp3) is 0.388. The van der Waals surface area contributed by atoms with Crippen molar-refractivity contribution in [2.24, 2.45) is 0 Å². The van der Waals surface area contributed by atoms with Crippen molar-refractivity contribution in [3.8, 4) is 11.1 Å². The molecule has 0 amide bonds. The maximum absolute atomic E-state index is 2.71. The molecule has 0 unspecified atom stereocenters. The average molecular weight is 683 g/mol. The fourth-order valence-electron chi connectivity index (χ4n) is 10.5. The van der Waals surface area contributed by atoms with E-state index in [4.69, 9.17) is 0 Å². The van der Waals surface area contributed by atoms with E-state index in [1.165, 1.54) is 115 Å². The van der Waals surface area contributed by atoms with Gasteiger partial charge in [-0.1, -0.05) is 110 Å². The summed E-state index contributed by atoms with van der Waals surface area (Å²) < 4.78 is 0. The van der Waals surface area contributed by atoms with Gasteiger partial charge >= 0.3 is 6.85 Å². The molecule has 0 saturated carbocycles. The molecule has 2 nitrogen and oxygen atoms in total. The molecule has 0 bridgehead atoms. The molecule has 0 spiro atoms. The van der Waals surface area contributed by atoms with E-state index in [-0.39, 0.29) is 28.5 Å². The first kappa shape index (κ1) is 33.6. The minimum absolute atomic E-state index is 0.0396. The molecule has 0 aromatic heterocycles. The van der Waals surface area contributed by atoms with E-state index in [0.29, 0.717) is 0 Å². The van der Waals surface area contributed by atoms with Gasteiger partial charge in [-0.2, -0.15) is 0 Å². The van der Waals surface area contributed by atoms with E-state index in [0.717, 1.165) is 0 Å². The van der Waals surface area contributed by atoms with Crippen LogP contribution in [0.25, 0.3) is 11.1 Å². The number of hydrogen-bond acceptors (Lipinski definition) is 2. The van der Waals surface area contributed by atoms with Crippen LogP contribution in [0.4, 0.5) is 28.4 Å². The number of nitrogens with zero attached hydrogens (tertiary/aromatic N) is 2. The SMILES string of the molecule is Cc1cc2c3c(c1)N(c1cc4c(cc1C)C(C)(C)CCC4(C)C)c1ccccc1B3N(c1cc3c(cc1C)C(C)(C)CCC3(C)C)c1ccccc1-2. The van der Waals surface area contributed by atoms with E-state index >= 15 is 0 Å². The lowest BCUT2D eigenvalue weighted by Crippen LogP contribution is -2.61. The Labute approximate surface area is 313 Å². The molecule has 0 saturated heterocycles. The molecule has 0 atom stereocenters. The van der Waals surface area contributed by atoms with Crippen LogP contribution in [-0.2, 0) is 21.7 Å². The van der Waals surface area contributed by atoms with Crippen LogP contribution in [0, 0.1) is 20.8 Å². The number of hydrogen-bond donors (Lipinski definition) is 0. The summed E-state index contributed by atoms with van der Waals surface area (Å²) in [5, 5.41) is 0. The number of fused-ring (bicyclic) bond motifs is 6. The van der Waals surface area contributed by atoms with Crippen molar-refractivity contribution >= 4 is 46.2 Å². The first-order valence-corrected chi connectivity index (χ1v) is 19.7. The van der Waals surface area contributed by atoms with Gasteiger partial charge in [-0.05, 0) is 154 Å². The van der Waals surface area contributed by atoms with Crippen LogP contribution in [0.15, 0.2) is 84.9 Å². The zero-order chi connectivity index (χ0) is 36.7. The van der Waals surface area contributed by atoms with E-state index in [2.05, 4.69) is 171 Å². The summed E-state index contributed by atoms with van der Waals surface area (Å²) in [5.41, 5.74) is 22.6. The van der Waals surface area contributed by atoms with Crippen LogP contribution >= 0.6 is 0 Å². The van der Waals surface area contributed by atoms with Gasteiger partial charge in [-0.3, -0.25) is 0 Å². The quantitative estimate of drug-likeness (QED) is 0.171. The first-order chi connectivity index (χ1) is 24.5. The fourth-order valence-corrected chi connectivity index (χ4v) is 10.5. The van der Waals surface area contributed by atoms with Gasteiger partial charge in [0.15, 0.2) is 0 Å². The van der Waals surface area contributed by atoms with Crippen LogP contribution in [0.3, 0.4) is 0 Å². The molecule has 0 N–H and O–H groups in total. The summed E-state index contributed by atoms with van der Waals surface area (Å²) in [6, 6.07) is 33.6. The second-order valence-corrected chi connectivity index (χ2v) is 19.3. The van der Waals surface area contributed by atoms with Crippen LogP contribution in [0.5, 0.6) is 0 Å². The van der Waals surface area contributed by atoms with Gasteiger partial charge in [0.25, 0.3) is 0 Å². The van der Waals surface area contributed by atoms with Gasteiger partial charge in [0.2, 0.25) is 0 Å². The minimum atomic E-state index is 0.0396. The lowest BCUT2D eigenvalue weighted by atomic mass is 9.43. The Bertz CT molecular complexity index is 2320. The predicted molar refractivity (Wildman–Crippen MR) is 225 cm³/mol. The third-order valence-corrected chi connectivity index (χ3v) is 13.8. The van der Waals surface area contributed by atoms with E-state index in [1.54, 1.807) is 0 Å². The molecule has 5 aromatic carbocycles. The molecule has 3 heteroatoms. The van der Waals surface area contributed by atoms with Crippen molar-refractivity contribution in [1.82, 2.24) is 0 Å². The molecule has 264 valence electrons. The monoisotopic (exact) mass is 682 g/mol. The smallest absolute Gasteiger partial charge is 0.333 e. The number of para-hydroxylation sites is 2. The second kappa shape index (κ2) is 10.9. The Kier molecular flexibility index (Phi) is 7.05. The molecule has 9 rings (SSSR count). The van der Waals surface area contributed by atoms with Crippen molar-refractivity contribution in [2.75, 3.05) is 9.71 Å². The highest BCUT2D eigenvalue weighted by molar-refractivity contribution is 6.93. The van der Waals surface area contributed by atoms with Crippen LogP contribution < -0.4 is 20.6 Å². The number of aryl methyl sites for hydroxylation is 3. The van der Waals surface area contributed by atoms with Crippen molar-refractivity contribution in [2.45, 2.75) is 124 Å². The molecule has 0 fully saturated rings. The lowest BCUT2D eigenvalue weighted by Gasteiger charge is -2.48. The van der Waals surface area contributed by atoms with Crippen LogP contribution in [-0.4, -0.2) is 6.85 Å². The summed E-state index contributed by atoms with van der Waals surface area (Å²) >= 11 is 0. The van der Waals surface area contributed by atoms with Crippen molar-refractivity contribution in [1.29, 1.82) is 0 Å². The summed E-state index contributed by atoms with van der Waals surface area (Å²) in [6.07, 6.45) is 4.84. The van der Waals surface area contributed by atoms with Crippen LogP contribution in [0.1, 0.15) is 120 Å². The Balaban J connectivity index is 1.34. The highest BCUT2D eigenvalue weighted by Gasteiger charge is 2.47. The number of rotatable bonds is 2. The Hall–Kier alpha value is -4.24. The summed E-state index contributed by atoms with van der Waals surface area (Å²) in [5.74, 6) is 0. The Morgan fingerprint density at radius 3 is 1.54 bits per heavy atom. The third-order valence-electron chi connectivity index (χ3n) is 13.8. The van der Waals surface area contributed by atoms with Crippen molar-refractivity contribution in [3.05, 3.63) is 124 Å². The topological polar surface area (TPSA) is 6.48 Å². The van der Waals surface area contributed by atoms with Gasteiger partial charge in [-0.15, -0.1) is 0 Å². The zero-order valence-corrected chi connectivity index (χ0v) is 33.4. The highest BCUT2D eigenvalue weighted by Crippen LogP contribution is 2.53. The summed E-state index contributed by atoms with van der Waals surface area (Å²) in [7, 11) is 0. The van der Waals surface area contributed by atoms with Gasteiger partial charge in [-0.25, -0.2) is 0 Å². The Morgan fingerprint density at radius 1 is 0.462 bits per heavy atom. The molecule has 2 aliphatic carbocycles. The zero-order valence-electron chi connectivity index (χ0n) is 33.4. The third kappa shape index (κ3) is 4.69. The normalized spacial score (nSPS) is 19.6. The molecule has 2 aliphatic heterocycles. The number of anilines is 5. The van der Waals surface area contributed by atoms with E-state index in [1.807, 2.05) is 0 Å². The van der Waals surface area contributed by atoms with Crippen molar-refractivity contribution in [3.63, 3.8) is 0 Å². The molecule has 2 heterocycles. The standard InChI is InChI=1S/C49H55BN2/c1-30-24-34-33-16-12-14-18-40(33)52(43-29-38-36(27-32(43)3)47(6,7)21-23-49(38,10)11)50-39-17-13-15-19-41(39)51(44(25-30)45(34)50)42-28-37-35(26-31(42)2)46(4,5)20-22-48(37,8)9/h12-19,24-29H,20-23H2,1-11H3. The highest BCUT2D eigenvalue weighted by atomic mass is 15.2. The van der Waals surface area contributed by atoms with Crippen molar-refractivity contribution < 1.29 is 0 Å². The van der Waals surface area contributed by atoms with Gasteiger partial charge in [0, 0.05) is 34.0 Å². The lowest BCUT2D eigenvalue weighted by molar-refractivity contribution is 0.332. The van der Waals surface area contributed by atoms with Gasteiger partial charge in [0.1, 0.15) is 0 Å². The first-order valence-electron chi connectivity index (χ1n) is 19.7. The van der Waals surface area contributed by atoms with Gasteiger partial charge in [0.05, 0.1) is 0 Å². The summed E-state index contributed by atoms with van der Waals surface area (Å²) in [6.45, 7) is 26.6. The largest absolute Gasteiger partial charge is 0.376 e. The molecule has 52 heavy (non-hydrogen) atoms. The minimum Gasteiger partial charge on any atom is -0.376 e. The average Bonchev–Trinajstić information content (AvgIpc) is 3.09. The second-order valence-electron chi connectivity index (χ2n) is 19.3. The molecule has 5 aromatic rings. The molecule has 0 radical (unpaired) electrons. The molecular formula is C49H55BN2.